The van der Waals surface area contributed by atoms with E-state index in [4.69, 9.17) is 17.4 Å². The van der Waals surface area contributed by atoms with Gasteiger partial charge in [-0.15, -0.1) is 0 Å². The van der Waals surface area contributed by atoms with Gasteiger partial charge in [-0.1, -0.05) is 31.4 Å². The second kappa shape index (κ2) is 6.21. The maximum atomic E-state index is 12.1. The van der Waals surface area contributed by atoms with Gasteiger partial charge in [0, 0.05) is 12.2 Å². The number of pyridine rings is 1. The van der Waals surface area contributed by atoms with Crippen molar-refractivity contribution < 1.29 is 4.79 Å². The average molecular weight is 283 g/mol. The van der Waals surface area contributed by atoms with Crippen LogP contribution >= 0.6 is 11.6 Å². The molecule has 104 valence electrons. The molecule has 1 saturated carbocycles. The lowest BCUT2D eigenvalue weighted by molar-refractivity contribution is 0.0932. The van der Waals surface area contributed by atoms with Crippen molar-refractivity contribution in [2.24, 2.45) is 11.8 Å². The molecule has 4 N–H and O–H groups in total. The van der Waals surface area contributed by atoms with Crippen molar-refractivity contribution >= 4 is 23.3 Å². The van der Waals surface area contributed by atoms with Crippen molar-refractivity contribution in [3.8, 4) is 0 Å². The van der Waals surface area contributed by atoms with Crippen molar-refractivity contribution in [1.82, 2.24) is 10.3 Å². The van der Waals surface area contributed by atoms with E-state index in [1.807, 2.05) is 0 Å². The van der Waals surface area contributed by atoms with Crippen LogP contribution in [0.15, 0.2) is 12.3 Å². The van der Waals surface area contributed by atoms with Crippen LogP contribution in [0.3, 0.4) is 0 Å². The third-order valence-corrected chi connectivity index (χ3v) is 3.67. The number of halogens is 1. The quantitative estimate of drug-likeness (QED) is 0.553. The van der Waals surface area contributed by atoms with Crippen molar-refractivity contribution in [2.45, 2.75) is 38.6 Å². The summed E-state index contributed by atoms with van der Waals surface area (Å²) in [5.74, 6) is 6.26. The molecule has 1 aromatic heterocycles. The molecular weight excluding hydrogens is 264 g/mol. The van der Waals surface area contributed by atoms with Gasteiger partial charge in [0.25, 0.3) is 5.91 Å². The lowest BCUT2D eigenvalue weighted by Gasteiger charge is -2.16. The molecule has 0 spiro atoms. The zero-order valence-corrected chi connectivity index (χ0v) is 11.7. The number of nitrogen functional groups attached to an aromatic ring is 1. The largest absolute Gasteiger partial charge is 0.349 e. The second-order valence-corrected chi connectivity index (χ2v) is 5.36. The highest BCUT2D eigenvalue weighted by Gasteiger charge is 2.25. The third-order valence-electron chi connectivity index (χ3n) is 3.38. The molecule has 1 aliphatic rings. The number of nitrogens with one attached hydrogen (secondary N) is 2. The summed E-state index contributed by atoms with van der Waals surface area (Å²) in [7, 11) is 0. The SMILES string of the molecule is CCC(CC1CC1)NC(=O)c1cnc(NN)c(Cl)c1. The lowest BCUT2D eigenvalue weighted by atomic mass is 10.1. The Kier molecular flexibility index (Phi) is 4.61. The number of hydrazine groups is 1. The standard InChI is InChI=1S/C13H19ClN4O/c1-2-10(5-8-3-4-8)17-13(19)9-6-11(14)12(18-15)16-7-9/h6-8,10H,2-5,15H2,1H3,(H,16,18)(H,17,19). The highest BCUT2D eigenvalue weighted by atomic mass is 35.5. The normalized spacial score (nSPS) is 15.9. The monoisotopic (exact) mass is 282 g/mol. The smallest absolute Gasteiger partial charge is 0.253 e. The summed E-state index contributed by atoms with van der Waals surface area (Å²) < 4.78 is 0. The second-order valence-electron chi connectivity index (χ2n) is 4.96. The van der Waals surface area contributed by atoms with Gasteiger partial charge < -0.3 is 10.7 Å². The minimum atomic E-state index is -0.134. The fraction of sp³-hybridized carbons (Fsp3) is 0.538. The fourth-order valence-corrected chi connectivity index (χ4v) is 2.24. The summed E-state index contributed by atoms with van der Waals surface area (Å²) >= 11 is 5.95. The Morgan fingerprint density at radius 1 is 1.63 bits per heavy atom. The fourth-order valence-electron chi connectivity index (χ4n) is 2.02. The molecule has 1 atom stereocenters. The predicted molar refractivity (Wildman–Crippen MR) is 75.9 cm³/mol. The number of rotatable bonds is 6. The van der Waals surface area contributed by atoms with Crippen LogP contribution in [-0.2, 0) is 0 Å². The minimum Gasteiger partial charge on any atom is -0.349 e. The summed E-state index contributed by atoms with van der Waals surface area (Å²) in [6.45, 7) is 2.08. The molecule has 19 heavy (non-hydrogen) atoms. The van der Waals surface area contributed by atoms with Gasteiger partial charge in [0.15, 0.2) is 5.82 Å². The molecule has 0 aliphatic heterocycles. The number of hydrogen-bond acceptors (Lipinski definition) is 4. The minimum absolute atomic E-state index is 0.134. The number of hydrogen-bond donors (Lipinski definition) is 3. The average Bonchev–Trinajstić information content (AvgIpc) is 3.21. The molecule has 1 unspecified atom stereocenters. The van der Waals surface area contributed by atoms with Gasteiger partial charge in [-0.25, -0.2) is 10.8 Å². The Balaban J connectivity index is 1.99. The van der Waals surface area contributed by atoms with Crippen molar-refractivity contribution in [3.63, 3.8) is 0 Å². The van der Waals surface area contributed by atoms with E-state index in [0.717, 1.165) is 18.8 Å². The maximum Gasteiger partial charge on any atom is 0.253 e. The van der Waals surface area contributed by atoms with Crippen LogP contribution in [0.1, 0.15) is 43.0 Å². The van der Waals surface area contributed by atoms with E-state index in [1.165, 1.54) is 19.0 Å². The van der Waals surface area contributed by atoms with Gasteiger partial charge in [0.05, 0.1) is 10.6 Å². The Bertz CT molecular complexity index is 462. The lowest BCUT2D eigenvalue weighted by Crippen LogP contribution is -2.34. The van der Waals surface area contributed by atoms with Crippen molar-refractivity contribution in [1.29, 1.82) is 0 Å². The predicted octanol–water partition coefficient (Wildman–Crippen LogP) is 2.33. The zero-order valence-electron chi connectivity index (χ0n) is 10.9. The van der Waals surface area contributed by atoms with Crippen LogP contribution in [0, 0.1) is 5.92 Å². The Hall–Kier alpha value is -1.33. The number of carbonyl (C=O) groups is 1. The first-order chi connectivity index (χ1) is 9.13. The van der Waals surface area contributed by atoms with E-state index < -0.39 is 0 Å². The number of aromatic nitrogens is 1. The first kappa shape index (κ1) is 14.1. The van der Waals surface area contributed by atoms with Gasteiger partial charge in [-0.3, -0.25) is 4.79 Å². The van der Waals surface area contributed by atoms with Crippen LogP contribution in [0.25, 0.3) is 0 Å². The summed E-state index contributed by atoms with van der Waals surface area (Å²) in [5.41, 5.74) is 2.83. The molecule has 1 amide bonds. The molecule has 2 rings (SSSR count). The molecule has 5 nitrogen and oxygen atoms in total. The molecule has 1 aromatic rings. The number of anilines is 1. The van der Waals surface area contributed by atoms with E-state index in [0.29, 0.717) is 16.4 Å². The van der Waals surface area contributed by atoms with Crippen LogP contribution < -0.4 is 16.6 Å². The first-order valence-electron chi connectivity index (χ1n) is 6.57. The highest BCUT2D eigenvalue weighted by molar-refractivity contribution is 6.33. The molecule has 1 aliphatic carbocycles. The van der Waals surface area contributed by atoms with E-state index in [2.05, 4.69) is 22.7 Å². The van der Waals surface area contributed by atoms with Crippen LogP contribution in [0.5, 0.6) is 0 Å². The van der Waals surface area contributed by atoms with Gasteiger partial charge in [-0.2, -0.15) is 0 Å². The molecule has 0 saturated heterocycles. The third kappa shape index (κ3) is 3.81. The van der Waals surface area contributed by atoms with E-state index in [1.54, 1.807) is 6.07 Å². The van der Waals surface area contributed by atoms with Crippen LogP contribution in [0.2, 0.25) is 5.02 Å². The summed E-state index contributed by atoms with van der Waals surface area (Å²) in [5, 5.41) is 3.37. The number of nitrogens with two attached hydrogens (primary N) is 1. The molecule has 1 fully saturated rings. The summed E-state index contributed by atoms with van der Waals surface area (Å²) in [4.78, 5) is 16.1. The molecule has 6 heteroatoms. The van der Waals surface area contributed by atoms with Gasteiger partial charge in [0.1, 0.15) is 0 Å². The summed E-state index contributed by atoms with van der Waals surface area (Å²) in [6.07, 6.45) is 6.05. The molecular formula is C13H19ClN4O. The molecule has 0 bridgehead atoms. The van der Waals surface area contributed by atoms with Crippen LogP contribution in [-0.4, -0.2) is 16.9 Å². The van der Waals surface area contributed by atoms with E-state index in [-0.39, 0.29) is 11.9 Å². The Labute approximate surface area is 117 Å². The van der Waals surface area contributed by atoms with Crippen molar-refractivity contribution in [2.75, 3.05) is 5.43 Å². The number of amides is 1. The Morgan fingerprint density at radius 2 is 2.37 bits per heavy atom. The van der Waals surface area contributed by atoms with Gasteiger partial charge in [-0.05, 0) is 24.8 Å². The molecule has 1 heterocycles. The van der Waals surface area contributed by atoms with Crippen molar-refractivity contribution in [3.05, 3.63) is 22.8 Å². The topological polar surface area (TPSA) is 80.0 Å². The number of carbonyl (C=O) groups excluding carboxylic acids is 1. The molecule has 0 radical (unpaired) electrons. The Morgan fingerprint density at radius 3 is 2.89 bits per heavy atom. The van der Waals surface area contributed by atoms with Crippen LogP contribution in [0.4, 0.5) is 5.82 Å². The first-order valence-corrected chi connectivity index (χ1v) is 6.94. The van der Waals surface area contributed by atoms with Gasteiger partial charge >= 0.3 is 0 Å². The summed E-state index contributed by atoms with van der Waals surface area (Å²) in [6, 6.07) is 1.80. The molecule has 0 aromatic carbocycles. The zero-order chi connectivity index (χ0) is 13.8. The van der Waals surface area contributed by atoms with Gasteiger partial charge in [0.2, 0.25) is 0 Å². The maximum absolute atomic E-state index is 12.1. The van der Waals surface area contributed by atoms with E-state index in [9.17, 15) is 4.79 Å². The van der Waals surface area contributed by atoms with E-state index >= 15 is 0 Å². The highest BCUT2D eigenvalue weighted by Crippen LogP contribution is 2.34. The number of nitrogens with zero attached hydrogens (tertiary/aromatic N) is 1.